The molecule has 2 aromatic rings. The van der Waals surface area contributed by atoms with Crippen molar-refractivity contribution in [1.82, 2.24) is 0 Å². The Hall–Kier alpha value is -2.36. The van der Waals surface area contributed by atoms with Crippen molar-refractivity contribution in [3.05, 3.63) is 52.5 Å². The number of hydrogen-bond donors (Lipinski definition) is 1. The van der Waals surface area contributed by atoms with Crippen molar-refractivity contribution in [2.75, 3.05) is 24.3 Å². The molecule has 0 spiro atoms. The third-order valence-corrected chi connectivity index (χ3v) is 4.95. The van der Waals surface area contributed by atoms with Gasteiger partial charge in [0.25, 0.3) is 0 Å². The molecule has 0 aromatic heterocycles. The van der Waals surface area contributed by atoms with E-state index in [9.17, 15) is 4.79 Å². The number of carbonyl (C=O) groups excluding carboxylic acids is 1. The Morgan fingerprint density at radius 1 is 1.23 bits per heavy atom. The second-order valence-electron chi connectivity index (χ2n) is 5.69. The van der Waals surface area contributed by atoms with E-state index >= 15 is 0 Å². The number of halogens is 1. The van der Waals surface area contributed by atoms with Crippen LogP contribution >= 0.6 is 23.4 Å². The molecule has 5 nitrogen and oxygen atoms in total. The summed E-state index contributed by atoms with van der Waals surface area (Å²) in [6.45, 7) is 1.20. The Bertz CT molecular complexity index is 834. The van der Waals surface area contributed by atoms with Crippen molar-refractivity contribution >= 4 is 35.0 Å². The summed E-state index contributed by atoms with van der Waals surface area (Å²) < 4.78 is 11.3. The molecule has 1 heterocycles. The van der Waals surface area contributed by atoms with Gasteiger partial charge >= 0.3 is 0 Å². The van der Waals surface area contributed by atoms with Gasteiger partial charge in [-0.05, 0) is 42.0 Å². The molecule has 1 amide bonds. The largest absolute Gasteiger partial charge is 0.489 e. The average molecular weight is 389 g/mol. The topological polar surface area (TPSA) is 71.4 Å². The van der Waals surface area contributed by atoms with Gasteiger partial charge in [-0.25, -0.2) is 0 Å². The van der Waals surface area contributed by atoms with Crippen molar-refractivity contribution < 1.29 is 14.3 Å². The van der Waals surface area contributed by atoms with Gasteiger partial charge in [-0.3, -0.25) is 4.79 Å². The minimum atomic E-state index is -0.0971. The van der Waals surface area contributed by atoms with E-state index in [2.05, 4.69) is 5.32 Å². The van der Waals surface area contributed by atoms with E-state index in [1.54, 1.807) is 24.3 Å². The molecule has 0 bridgehead atoms. The van der Waals surface area contributed by atoms with Crippen LogP contribution < -0.4 is 14.8 Å². The van der Waals surface area contributed by atoms with Crippen LogP contribution in [-0.4, -0.2) is 24.9 Å². The third-order valence-electron chi connectivity index (χ3n) is 3.66. The van der Waals surface area contributed by atoms with E-state index in [4.69, 9.17) is 26.3 Å². The molecule has 1 N–H and O–H groups in total. The SMILES string of the molecule is N#Cc1ccc(NC(=O)CSCc2cc(Cl)c3c(c2)OCCCO3)cc1. The van der Waals surface area contributed by atoms with Crippen LogP contribution in [0.15, 0.2) is 36.4 Å². The minimum absolute atomic E-state index is 0.0971. The number of hydrogen-bond acceptors (Lipinski definition) is 5. The van der Waals surface area contributed by atoms with Gasteiger partial charge in [-0.2, -0.15) is 5.26 Å². The number of thioether (sulfide) groups is 1. The Morgan fingerprint density at radius 3 is 2.77 bits per heavy atom. The van der Waals surface area contributed by atoms with Crippen molar-refractivity contribution in [3.63, 3.8) is 0 Å². The van der Waals surface area contributed by atoms with Crippen LogP contribution in [0.5, 0.6) is 11.5 Å². The molecule has 0 atom stereocenters. The molecule has 0 unspecified atom stereocenters. The predicted molar refractivity (Wildman–Crippen MR) is 103 cm³/mol. The molecule has 2 aromatic carbocycles. The van der Waals surface area contributed by atoms with Gasteiger partial charge in [0.05, 0.1) is 35.6 Å². The zero-order valence-corrected chi connectivity index (χ0v) is 15.5. The van der Waals surface area contributed by atoms with E-state index in [0.717, 1.165) is 12.0 Å². The number of benzene rings is 2. The summed E-state index contributed by atoms with van der Waals surface area (Å²) >= 11 is 7.76. The molecule has 1 aliphatic heterocycles. The fourth-order valence-corrected chi connectivity index (χ4v) is 3.50. The van der Waals surface area contributed by atoms with Crippen molar-refractivity contribution in [2.45, 2.75) is 12.2 Å². The first kappa shape index (κ1) is 18.4. The maximum atomic E-state index is 12.0. The van der Waals surface area contributed by atoms with E-state index in [-0.39, 0.29) is 5.91 Å². The first-order chi connectivity index (χ1) is 12.7. The van der Waals surface area contributed by atoms with Gasteiger partial charge in [-0.1, -0.05) is 11.6 Å². The highest BCUT2D eigenvalue weighted by molar-refractivity contribution is 7.99. The zero-order valence-electron chi connectivity index (χ0n) is 14.0. The molecule has 26 heavy (non-hydrogen) atoms. The van der Waals surface area contributed by atoms with Crippen LogP contribution in [-0.2, 0) is 10.5 Å². The Labute approximate surface area is 161 Å². The molecule has 0 saturated carbocycles. The number of carbonyl (C=O) groups is 1. The quantitative estimate of drug-likeness (QED) is 0.829. The highest BCUT2D eigenvalue weighted by Crippen LogP contribution is 2.38. The smallest absolute Gasteiger partial charge is 0.234 e. The Morgan fingerprint density at radius 2 is 2.00 bits per heavy atom. The lowest BCUT2D eigenvalue weighted by Gasteiger charge is -2.11. The number of anilines is 1. The third kappa shape index (κ3) is 4.84. The standard InChI is InChI=1S/C19H17ClN2O3S/c20-16-8-14(9-17-19(16)25-7-1-6-24-17)11-26-12-18(23)22-15-4-2-13(10-21)3-5-15/h2-5,8-9H,1,6-7,11-12H2,(H,22,23). The second kappa shape index (κ2) is 8.84. The number of nitriles is 1. The number of nitrogens with zero attached hydrogens (tertiary/aromatic N) is 1. The van der Waals surface area contributed by atoms with Gasteiger partial charge in [-0.15, -0.1) is 11.8 Å². The zero-order chi connectivity index (χ0) is 18.4. The van der Waals surface area contributed by atoms with E-state index in [0.29, 0.717) is 52.5 Å². The van der Waals surface area contributed by atoms with Gasteiger partial charge in [0.1, 0.15) is 0 Å². The normalized spacial score (nSPS) is 12.8. The van der Waals surface area contributed by atoms with Crippen LogP contribution in [0.4, 0.5) is 5.69 Å². The molecule has 3 rings (SSSR count). The van der Waals surface area contributed by atoms with Gasteiger partial charge in [0.15, 0.2) is 11.5 Å². The predicted octanol–water partition coefficient (Wildman–Crippen LogP) is 4.24. The number of ether oxygens (including phenoxy) is 2. The van der Waals surface area contributed by atoms with E-state index in [1.165, 1.54) is 11.8 Å². The lowest BCUT2D eigenvalue weighted by Crippen LogP contribution is -2.14. The van der Waals surface area contributed by atoms with Gasteiger partial charge in [0.2, 0.25) is 5.91 Å². The fourth-order valence-electron chi connectivity index (χ4n) is 2.45. The summed E-state index contributed by atoms with van der Waals surface area (Å²) in [5.74, 6) is 2.10. The Kier molecular flexibility index (Phi) is 6.26. The second-order valence-corrected chi connectivity index (χ2v) is 7.08. The van der Waals surface area contributed by atoms with E-state index in [1.807, 2.05) is 18.2 Å². The first-order valence-corrected chi connectivity index (χ1v) is 9.65. The summed E-state index contributed by atoms with van der Waals surface area (Å²) in [6.07, 6.45) is 0.824. The maximum Gasteiger partial charge on any atom is 0.234 e. The molecule has 0 radical (unpaired) electrons. The molecule has 134 valence electrons. The van der Waals surface area contributed by atoms with Crippen LogP contribution in [0.1, 0.15) is 17.5 Å². The number of nitrogens with one attached hydrogen (secondary N) is 1. The molecule has 1 aliphatic rings. The minimum Gasteiger partial charge on any atom is -0.489 e. The highest BCUT2D eigenvalue weighted by atomic mass is 35.5. The molecule has 0 aliphatic carbocycles. The van der Waals surface area contributed by atoms with Crippen molar-refractivity contribution in [1.29, 1.82) is 5.26 Å². The molecular formula is C19H17ClN2O3S. The van der Waals surface area contributed by atoms with Crippen LogP contribution in [0.3, 0.4) is 0 Å². The van der Waals surface area contributed by atoms with Crippen LogP contribution in [0.2, 0.25) is 5.02 Å². The van der Waals surface area contributed by atoms with Crippen molar-refractivity contribution in [3.8, 4) is 17.6 Å². The number of amides is 1. The summed E-state index contributed by atoms with van der Waals surface area (Å²) in [4.78, 5) is 12.0. The molecule has 0 fully saturated rings. The lowest BCUT2D eigenvalue weighted by molar-refractivity contribution is -0.113. The highest BCUT2D eigenvalue weighted by Gasteiger charge is 2.15. The lowest BCUT2D eigenvalue weighted by atomic mass is 10.2. The van der Waals surface area contributed by atoms with E-state index < -0.39 is 0 Å². The Balaban J connectivity index is 1.52. The monoisotopic (exact) mass is 388 g/mol. The van der Waals surface area contributed by atoms with Gasteiger partial charge < -0.3 is 14.8 Å². The summed E-state index contributed by atoms with van der Waals surface area (Å²) in [6, 6.07) is 12.6. The molecule has 7 heteroatoms. The van der Waals surface area contributed by atoms with Gasteiger partial charge in [0, 0.05) is 17.9 Å². The van der Waals surface area contributed by atoms with Crippen LogP contribution in [0.25, 0.3) is 0 Å². The summed E-state index contributed by atoms with van der Waals surface area (Å²) in [5, 5.41) is 12.1. The molecular weight excluding hydrogens is 372 g/mol. The molecule has 0 saturated heterocycles. The summed E-state index contributed by atoms with van der Waals surface area (Å²) in [7, 11) is 0. The van der Waals surface area contributed by atoms with Crippen LogP contribution in [0, 0.1) is 11.3 Å². The maximum absolute atomic E-state index is 12.0. The fraction of sp³-hybridized carbons (Fsp3) is 0.263. The number of fused-ring (bicyclic) bond motifs is 1. The summed E-state index contributed by atoms with van der Waals surface area (Å²) in [5.41, 5.74) is 2.22. The first-order valence-electron chi connectivity index (χ1n) is 8.11. The van der Waals surface area contributed by atoms with Crippen molar-refractivity contribution in [2.24, 2.45) is 0 Å². The average Bonchev–Trinajstić information content (AvgIpc) is 2.88. The number of rotatable bonds is 5.